The van der Waals surface area contributed by atoms with Gasteiger partial charge in [-0.25, -0.2) is 0 Å². The Morgan fingerprint density at radius 1 is 1.18 bits per heavy atom. The lowest BCUT2D eigenvalue weighted by atomic mass is 9.61. The lowest BCUT2D eigenvalue weighted by Gasteiger charge is -2.46. The summed E-state index contributed by atoms with van der Waals surface area (Å²) in [7, 11) is 0. The van der Waals surface area contributed by atoms with Crippen LogP contribution in [0.25, 0.3) is 0 Å². The molecule has 1 atom stereocenters. The van der Waals surface area contributed by atoms with E-state index in [4.69, 9.17) is 0 Å². The van der Waals surface area contributed by atoms with Crippen molar-refractivity contribution < 1.29 is 5.11 Å². The Kier molecular flexibility index (Phi) is 2.74. The average molecular weight is 230 g/mol. The molecule has 3 rings (SSSR count). The molecule has 1 unspecified atom stereocenters. The van der Waals surface area contributed by atoms with Crippen molar-refractivity contribution >= 4 is 0 Å². The van der Waals surface area contributed by atoms with Crippen LogP contribution in [0.1, 0.15) is 55.2 Å². The van der Waals surface area contributed by atoms with Crippen LogP contribution in [-0.2, 0) is 11.8 Å². The summed E-state index contributed by atoms with van der Waals surface area (Å²) in [5, 5.41) is 10.5. The highest BCUT2D eigenvalue weighted by molar-refractivity contribution is 5.41. The van der Waals surface area contributed by atoms with Crippen molar-refractivity contribution in [2.75, 3.05) is 0 Å². The molecule has 1 nitrogen and oxygen atoms in total. The van der Waals surface area contributed by atoms with Gasteiger partial charge < -0.3 is 5.11 Å². The van der Waals surface area contributed by atoms with Crippen LogP contribution in [0.4, 0.5) is 0 Å². The van der Waals surface area contributed by atoms with E-state index in [1.54, 1.807) is 0 Å². The summed E-state index contributed by atoms with van der Waals surface area (Å²) >= 11 is 0. The quantitative estimate of drug-likeness (QED) is 0.723. The van der Waals surface area contributed by atoms with E-state index in [0.29, 0.717) is 0 Å². The highest BCUT2D eigenvalue weighted by atomic mass is 16.3. The van der Waals surface area contributed by atoms with Gasteiger partial charge in [-0.15, -0.1) is 0 Å². The summed E-state index contributed by atoms with van der Waals surface area (Å²) in [5.74, 6) is 0. The van der Waals surface area contributed by atoms with Gasteiger partial charge in [-0.3, -0.25) is 0 Å². The maximum atomic E-state index is 10.5. The largest absolute Gasteiger partial charge is 0.392 e. The van der Waals surface area contributed by atoms with Gasteiger partial charge in [0.2, 0.25) is 0 Å². The molecule has 1 heteroatoms. The van der Waals surface area contributed by atoms with Gasteiger partial charge in [-0.05, 0) is 43.7 Å². The molecule has 1 spiro atoms. The van der Waals surface area contributed by atoms with Crippen LogP contribution < -0.4 is 0 Å². The summed E-state index contributed by atoms with van der Waals surface area (Å²) in [6.07, 6.45) is 8.17. The molecule has 1 aromatic rings. The molecule has 0 amide bonds. The topological polar surface area (TPSA) is 20.2 Å². The predicted octanol–water partition coefficient (Wildman–Crippen LogP) is 3.50. The van der Waals surface area contributed by atoms with Gasteiger partial charge >= 0.3 is 0 Å². The van der Waals surface area contributed by atoms with Crippen LogP contribution in [0.3, 0.4) is 0 Å². The Morgan fingerprint density at radius 2 is 1.94 bits per heavy atom. The molecule has 0 radical (unpaired) electrons. The van der Waals surface area contributed by atoms with Gasteiger partial charge in [-0.2, -0.15) is 0 Å². The lowest BCUT2D eigenvalue weighted by molar-refractivity contribution is 0.0390. The van der Waals surface area contributed by atoms with Gasteiger partial charge in [0.15, 0.2) is 0 Å². The van der Waals surface area contributed by atoms with E-state index >= 15 is 0 Å². The van der Waals surface area contributed by atoms with Crippen molar-refractivity contribution in [1.82, 2.24) is 0 Å². The smallest absolute Gasteiger partial charge is 0.0640 e. The maximum Gasteiger partial charge on any atom is 0.0640 e. The van der Waals surface area contributed by atoms with Crippen LogP contribution in [0, 0.1) is 6.92 Å². The molecule has 0 saturated heterocycles. The Hall–Kier alpha value is -0.820. The number of aliphatic hydroxyl groups is 1. The molecule has 0 aliphatic heterocycles. The monoisotopic (exact) mass is 230 g/mol. The molecule has 17 heavy (non-hydrogen) atoms. The first-order chi connectivity index (χ1) is 8.22. The second kappa shape index (κ2) is 4.13. The minimum atomic E-state index is -0.113. The lowest BCUT2D eigenvalue weighted by Crippen LogP contribution is -2.45. The van der Waals surface area contributed by atoms with Gasteiger partial charge in [0.05, 0.1) is 6.10 Å². The fourth-order valence-corrected chi connectivity index (χ4v) is 3.95. The van der Waals surface area contributed by atoms with E-state index in [0.717, 1.165) is 12.8 Å². The van der Waals surface area contributed by atoms with Crippen molar-refractivity contribution in [3.05, 3.63) is 34.9 Å². The average Bonchev–Trinajstić information content (AvgIpc) is 2.35. The summed E-state index contributed by atoms with van der Waals surface area (Å²) in [5.41, 5.74) is 4.41. The first kappa shape index (κ1) is 11.3. The predicted molar refractivity (Wildman–Crippen MR) is 70.3 cm³/mol. The third-order valence-electron chi connectivity index (χ3n) is 4.87. The van der Waals surface area contributed by atoms with Crippen LogP contribution in [0.15, 0.2) is 18.2 Å². The molecule has 1 saturated carbocycles. The SMILES string of the molecule is Cc1ccc2c(c1)CCC(O)C21CCCCC1. The van der Waals surface area contributed by atoms with E-state index in [1.807, 2.05) is 0 Å². The molecular weight excluding hydrogens is 208 g/mol. The number of fused-ring (bicyclic) bond motifs is 2. The van der Waals surface area contributed by atoms with E-state index in [1.165, 1.54) is 48.8 Å². The number of aliphatic hydroxyl groups excluding tert-OH is 1. The zero-order valence-electron chi connectivity index (χ0n) is 10.7. The molecular formula is C16H22O. The second-order valence-electron chi connectivity index (χ2n) is 5.93. The Morgan fingerprint density at radius 3 is 2.71 bits per heavy atom. The maximum absolute atomic E-state index is 10.5. The van der Waals surface area contributed by atoms with Gasteiger partial charge in [0.25, 0.3) is 0 Å². The number of rotatable bonds is 0. The minimum absolute atomic E-state index is 0.0968. The summed E-state index contributed by atoms with van der Waals surface area (Å²) in [6.45, 7) is 2.17. The molecule has 1 N–H and O–H groups in total. The molecule has 2 aliphatic carbocycles. The molecule has 1 fully saturated rings. The normalized spacial score (nSPS) is 26.8. The fourth-order valence-electron chi connectivity index (χ4n) is 3.95. The van der Waals surface area contributed by atoms with Gasteiger partial charge in [-0.1, -0.05) is 43.0 Å². The highest BCUT2D eigenvalue weighted by Crippen LogP contribution is 2.47. The number of hydrogen-bond acceptors (Lipinski definition) is 1. The Balaban J connectivity index is 2.09. The molecule has 0 bridgehead atoms. The second-order valence-corrected chi connectivity index (χ2v) is 5.93. The molecule has 2 aliphatic rings. The zero-order chi connectivity index (χ0) is 11.9. The van der Waals surface area contributed by atoms with Crippen molar-refractivity contribution in [2.45, 2.75) is 63.4 Å². The highest BCUT2D eigenvalue weighted by Gasteiger charge is 2.43. The summed E-state index contributed by atoms with van der Waals surface area (Å²) in [4.78, 5) is 0. The Bertz CT molecular complexity index is 416. The number of hydrogen-bond donors (Lipinski definition) is 1. The van der Waals surface area contributed by atoms with Crippen molar-refractivity contribution in [2.24, 2.45) is 0 Å². The first-order valence-corrected chi connectivity index (χ1v) is 7.00. The number of benzene rings is 1. The van der Waals surface area contributed by atoms with Crippen molar-refractivity contribution in [3.63, 3.8) is 0 Å². The molecule has 0 aromatic heterocycles. The first-order valence-electron chi connectivity index (χ1n) is 7.00. The van der Waals surface area contributed by atoms with Crippen LogP contribution in [-0.4, -0.2) is 11.2 Å². The van der Waals surface area contributed by atoms with E-state index in [2.05, 4.69) is 25.1 Å². The van der Waals surface area contributed by atoms with Crippen LogP contribution >= 0.6 is 0 Å². The molecule has 1 aromatic carbocycles. The zero-order valence-corrected chi connectivity index (χ0v) is 10.7. The molecule has 92 valence electrons. The van der Waals surface area contributed by atoms with Crippen LogP contribution in [0.5, 0.6) is 0 Å². The third kappa shape index (κ3) is 1.72. The van der Waals surface area contributed by atoms with Gasteiger partial charge in [0.1, 0.15) is 0 Å². The summed E-state index contributed by atoms with van der Waals surface area (Å²) < 4.78 is 0. The molecule has 0 heterocycles. The van der Waals surface area contributed by atoms with Crippen molar-refractivity contribution in [1.29, 1.82) is 0 Å². The van der Waals surface area contributed by atoms with E-state index < -0.39 is 0 Å². The van der Waals surface area contributed by atoms with Crippen LogP contribution in [0.2, 0.25) is 0 Å². The Labute approximate surface area is 104 Å². The fraction of sp³-hybridized carbons (Fsp3) is 0.625. The minimum Gasteiger partial charge on any atom is -0.392 e. The standard InChI is InChI=1S/C16H22O/c1-12-5-7-14-13(11-12)6-8-15(17)16(14)9-3-2-4-10-16/h5,7,11,15,17H,2-4,6,8-10H2,1H3. The summed E-state index contributed by atoms with van der Waals surface area (Å²) in [6, 6.07) is 6.84. The van der Waals surface area contributed by atoms with E-state index in [9.17, 15) is 5.11 Å². The third-order valence-corrected chi connectivity index (χ3v) is 4.87. The number of aryl methyl sites for hydroxylation is 2. The van der Waals surface area contributed by atoms with Gasteiger partial charge in [0, 0.05) is 5.41 Å². The van der Waals surface area contributed by atoms with E-state index in [-0.39, 0.29) is 11.5 Å². The van der Waals surface area contributed by atoms with Crippen molar-refractivity contribution in [3.8, 4) is 0 Å².